The highest BCUT2D eigenvalue weighted by molar-refractivity contribution is 6.14. The first-order valence-electron chi connectivity index (χ1n) is 13.2. The maximum atomic E-state index is 15.8. The van der Waals surface area contributed by atoms with Crippen LogP contribution in [0.1, 0.15) is 22.5 Å². The molecule has 8 rings (SSSR count). The van der Waals surface area contributed by atoms with Gasteiger partial charge in [-0.25, -0.2) is 14.4 Å². The Hall–Kier alpha value is -5.85. The predicted molar refractivity (Wildman–Crippen MR) is 157 cm³/mol. The molecular formula is C35H18FN5. The van der Waals surface area contributed by atoms with Crippen LogP contribution in [0.3, 0.4) is 0 Å². The molecule has 7 aromatic rings. The molecule has 1 aliphatic rings. The molecule has 0 atom stereocenters. The number of nitrogens with zero attached hydrogens (tertiary/aromatic N) is 5. The highest BCUT2D eigenvalue weighted by atomic mass is 19.1. The molecule has 0 unspecified atom stereocenters. The van der Waals surface area contributed by atoms with Crippen LogP contribution in [0, 0.1) is 28.5 Å². The quantitative estimate of drug-likeness (QED) is 0.234. The second-order valence-corrected chi connectivity index (χ2v) is 10.2. The van der Waals surface area contributed by atoms with Crippen molar-refractivity contribution in [2.24, 2.45) is 0 Å². The van der Waals surface area contributed by atoms with Crippen LogP contribution in [-0.4, -0.2) is 14.5 Å². The van der Waals surface area contributed by atoms with E-state index in [0.717, 1.165) is 55.0 Å². The molecule has 1 aliphatic carbocycles. The largest absolute Gasteiger partial charge is 0.309 e. The van der Waals surface area contributed by atoms with E-state index in [1.807, 2.05) is 78.9 Å². The van der Waals surface area contributed by atoms with Crippen molar-refractivity contribution < 1.29 is 4.39 Å². The van der Waals surface area contributed by atoms with Crippen molar-refractivity contribution in [3.63, 3.8) is 0 Å². The van der Waals surface area contributed by atoms with E-state index in [0.29, 0.717) is 23.4 Å². The lowest BCUT2D eigenvalue weighted by molar-refractivity contribution is 0.613. The highest BCUT2D eigenvalue weighted by Crippen LogP contribution is 2.46. The van der Waals surface area contributed by atoms with E-state index in [9.17, 15) is 10.5 Å². The molecule has 0 saturated heterocycles. The summed E-state index contributed by atoms with van der Waals surface area (Å²) in [4.78, 5) is 8.96. The van der Waals surface area contributed by atoms with Gasteiger partial charge in [-0.1, -0.05) is 72.8 Å². The molecule has 2 aromatic heterocycles. The molecule has 0 N–H and O–H groups in total. The van der Waals surface area contributed by atoms with Gasteiger partial charge in [-0.2, -0.15) is 10.5 Å². The van der Waals surface area contributed by atoms with Crippen LogP contribution in [0.15, 0.2) is 97.1 Å². The van der Waals surface area contributed by atoms with Gasteiger partial charge in [0.1, 0.15) is 18.0 Å². The van der Waals surface area contributed by atoms with Crippen molar-refractivity contribution in [1.82, 2.24) is 14.5 Å². The first-order chi connectivity index (χ1) is 20.2. The number of aromatic nitrogens is 3. The molecule has 0 amide bonds. The van der Waals surface area contributed by atoms with E-state index in [1.165, 1.54) is 0 Å². The van der Waals surface area contributed by atoms with Crippen molar-refractivity contribution in [2.45, 2.75) is 6.42 Å². The third kappa shape index (κ3) is 3.25. The van der Waals surface area contributed by atoms with Gasteiger partial charge in [0, 0.05) is 39.4 Å². The molecule has 0 aliphatic heterocycles. The second-order valence-electron chi connectivity index (χ2n) is 10.2. The molecule has 5 nitrogen and oxygen atoms in total. The zero-order valence-electron chi connectivity index (χ0n) is 21.6. The molecule has 0 saturated carbocycles. The van der Waals surface area contributed by atoms with Gasteiger partial charge in [0.05, 0.1) is 22.4 Å². The van der Waals surface area contributed by atoms with Gasteiger partial charge < -0.3 is 4.57 Å². The Bertz CT molecular complexity index is 2230. The topological polar surface area (TPSA) is 78.3 Å². The van der Waals surface area contributed by atoms with Gasteiger partial charge >= 0.3 is 0 Å². The van der Waals surface area contributed by atoms with Crippen molar-refractivity contribution in [1.29, 1.82) is 10.5 Å². The first kappa shape index (κ1) is 23.1. The van der Waals surface area contributed by atoms with Gasteiger partial charge in [-0.3, -0.25) is 0 Å². The minimum absolute atomic E-state index is 0.0155. The molecule has 0 fully saturated rings. The van der Waals surface area contributed by atoms with Crippen LogP contribution in [0.5, 0.6) is 0 Å². The fourth-order valence-corrected chi connectivity index (χ4v) is 6.21. The Morgan fingerprint density at radius 1 is 0.634 bits per heavy atom. The Morgan fingerprint density at radius 2 is 1.22 bits per heavy atom. The Kier molecular flexibility index (Phi) is 4.83. The number of para-hydroxylation sites is 2. The molecule has 190 valence electrons. The average Bonchev–Trinajstić information content (AvgIpc) is 3.52. The van der Waals surface area contributed by atoms with Gasteiger partial charge in [-0.05, 0) is 40.8 Å². The lowest BCUT2D eigenvalue weighted by Crippen LogP contribution is -1.99. The summed E-state index contributed by atoms with van der Waals surface area (Å²) in [6, 6.07) is 35.7. The standard InChI is InChI=1S/C35H18FN5/c36-28-17-22(41-31-10-3-1-6-24(31)25-7-2-4-11-32(25)41)14-12-21(28)16-20-13-15-27-33-23(20)8-5-9-26(33)34-35(27)40-30(19-38)29(18-37)39-34/h1-15,17H,16H2. The van der Waals surface area contributed by atoms with Gasteiger partial charge in [0.25, 0.3) is 0 Å². The van der Waals surface area contributed by atoms with Crippen LogP contribution >= 0.6 is 0 Å². The zero-order chi connectivity index (χ0) is 27.7. The molecule has 0 bridgehead atoms. The maximum Gasteiger partial charge on any atom is 0.177 e. The predicted octanol–water partition coefficient (Wildman–Crippen LogP) is 7.85. The van der Waals surface area contributed by atoms with Crippen molar-refractivity contribution in [3.05, 3.63) is 125 Å². The van der Waals surface area contributed by atoms with Gasteiger partial charge in [-0.15, -0.1) is 0 Å². The number of fused-ring (bicyclic) bond motifs is 6. The van der Waals surface area contributed by atoms with Crippen LogP contribution < -0.4 is 0 Å². The number of rotatable bonds is 3. The third-order valence-electron chi connectivity index (χ3n) is 8.00. The normalized spacial score (nSPS) is 11.6. The number of halogens is 1. The maximum absolute atomic E-state index is 15.8. The average molecular weight is 528 g/mol. The first-order valence-corrected chi connectivity index (χ1v) is 13.2. The van der Waals surface area contributed by atoms with Gasteiger partial charge in [0.2, 0.25) is 0 Å². The van der Waals surface area contributed by atoms with E-state index in [4.69, 9.17) is 0 Å². The number of hydrogen-bond acceptors (Lipinski definition) is 4. The number of benzene rings is 5. The fourth-order valence-electron chi connectivity index (χ4n) is 6.21. The van der Waals surface area contributed by atoms with Crippen molar-refractivity contribution >= 4 is 32.6 Å². The molecule has 5 aromatic carbocycles. The third-order valence-corrected chi connectivity index (χ3v) is 8.00. The fraction of sp³-hybridized carbons (Fsp3) is 0.0286. The zero-order valence-corrected chi connectivity index (χ0v) is 21.6. The summed E-state index contributed by atoms with van der Waals surface area (Å²) >= 11 is 0. The second kappa shape index (κ2) is 8.58. The summed E-state index contributed by atoms with van der Waals surface area (Å²) in [6.07, 6.45) is 0.406. The Morgan fingerprint density at radius 3 is 1.85 bits per heavy atom. The summed E-state index contributed by atoms with van der Waals surface area (Å²) < 4.78 is 17.9. The molecule has 0 spiro atoms. The summed E-state index contributed by atoms with van der Waals surface area (Å²) in [5.41, 5.74) is 7.38. The van der Waals surface area contributed by atoms with Crippen LogP contribution in [0.4, 0.5) is 4.39 Å². The monoisotopic (exact) mass is 527 g/mol. The molecule has 2 heterocycles. The number of nitriles is 2. The summed E-state index contributed by atoms with van der Waals surface area (Å²) in [5, 5.41) is 23.1. The Labute approximate surface area is 234 Å². The van der Waals surface area contributed by atoms with Crippen molar-refractivity contribution in [3.8, 4) is 40.3 Å². The molecular weight excluding hydrogens is 509 g/mol. The van der Waals surface area contributed by atoms with E-state index in [2.05, 4.69) is 38.8 Å². The van der Waals surface area contributed by atoms with Crippen LogP contribution in [0.2, 0.25) is 0 Å². The van der Waals surface area contributed by atoms with E-state index in [-0.39, 0.29) is 17.2 Å². The molecule has 6 heteroatoms. The van der Waals surface area contributed by atoms with E-state index >= 15 is 4.39 Å². The lowest BCUT2D eigenvalue weighted by atomic mass is 9.95. The summed E-state index contributed by atoms with van der Waals surface area (Å²) in [5.74, 6) is -0.267. The minimum atomic E-state index is -0.267. The summed E-state index contributed by atoms with van der Waals surface area (Å²) in [6.45, 7) is 0. The molecule has 0 radical (unpaired) electrons. The lowest BCUT2D eigenvalue weighted by Gasteiger charge is -2.12. The minimum Gasteiger partial charge on any atom is -0.309 e. The smallest absolute Gasteiger partial charge is 0.177 e. The Balaban J connectivity index is 1.23. The molecule has 41 heavy (non-hydrogen) atoms. The summed E-state index contributed by atoms with van der Waals surface area (Å²) in [7, 11) is 0. The van der Waals surface area contributed by atoms with Gasteiger partial charge in [0.15, 0.2) is 11.4 Å². The SMILES string of the molecule is N#Cc1nc2c(nc1C#N)-c1ccc(Cc3ccc(-n4c5ccccc5c5ccccc54)cc3F)c3cccc-2c13. The van der Waals surface area contributed by atoms with Crippen molar-refractivity contribution in [2.75, 3.05) is 0 Å². The van der Waals surface area contributed by atoms with Crippen LogP contribution in [-0.2, 0) is 6.42 Å². The highest BCUT2D eigenvalue weighted by Gasteiger charge is 2.27. The van der Waals surface area contributed by atoms with E-state index in [1.54, 1.807) is 6.07 Å². The van der Waals surface area contributed by atoms with Crippen LogP contribution in [0.25, 0.3) is 60.8 Å². The van der Waals surface area contributed by atoms with E-state index < -0.39 is 0 Å². The number of hydrogen-bond donors (Lipinski definition) is 0.